The Balaban J connectivity index is 0.00000176. The van der Waals surface area contributed by atoms with Crippen molar-refractivity contribution in [2.24, 2.45) is 5.92 Å². The number of benzene rings is 1. The van der Waals surface area contributed by atoms with Crippen molar-refractivity contribution in [1.29, 1.82) is 0 Å². The average molecular weight is 366 g/mol. The summed E-state index contributed by atoms with van der Waals surface area (Å²) >= 11 is 11.9. The SMILES string of the molecule is Cl.O=C(C1CCNC1)N1CCC(Oc2ccc(Cl)c(Cl)c2)C1. The smallest absolute Gasteiger partial charge is 0.227 e. The summed E-state index contributed by atoms with van der Waals surface area (Å²) < 4.78 is 5.90. The van der Waals surface area contributed by atoms with Gasteiger partial charge in [0.15, 0.2) is 0 Å². The van der Waals surface area contributed by atoms with E-state index < -0.39 is 0 Å². The zero-order valence-electron chi connectivity index (χ0n) is 12.1. The highest BCUT2D eigenvalue weighted by molar-refractivity contribution is 6.42. The van der Waals surface area contributed by atoms with Crippen molar-refractivity contribution < 1.29 is 9.53 Å². The number of hydrogen-bond donors (Lipinski definition) is 1. The number of ether oxygens (including phenoxy) is 1. The molecule has 1 amide bonds. The van der Waals surface area contributed by atoms with E-state index in [1.165, 1.54) is 0 Å². The molecule has 1 aromatic carbocycles. The molecule has 0 saturated carbocycles. The van der Waals surface area contributed by atoms with Crippen LogP contribution < -0.4 is 10.1 Å². The zero-order chi connectivity index (χ0) is 14.8. The van der Waals surface area contributed by atoms with Gasteiger partial charge in [0.05, 0.1) is 22.5 Å². The lowest BCUT2D eigenvalue weighted by Gasteiger charge is -2.20. The van der Waals surface area contributed by atoms with Gasteiger partial charge in [0, 0.05) is 25.6 Å². The molecule has 2 aliphatic heterocycles. The van der Waals surface area contributed by atoms with Gasteiger partial charge in [0.1, 0.15) is 11.9 Å². The van der Waals surface area contributed by atoms with E-state index in [0.717, 1.165) is 32.5 Å². The fraction of sp³-hybridized carbons (Fsp3) is 0.533. The second kappa shape index (κ2) is 7.73. The van der Waals surface area contributed by atoms with Crippen LogP contribution in [0, 0.1) is 5.92 Å². The minimum atomic E-state index is 0. The van der Waals surface area contributed by atoms with Crippen LogP contribution in [-0.4, -0.2) is 43.1 Å². The minimum absolute atomic E-state index is 0. The molecule has 0 aromatic heterocycles. The number of hydrogen-bond acceptors (Lipinski definition) is 3. The molecule has 2 heterocycles. The summed E-state index contributed by atoms with van der Waals surface area (Å²) in [6, 6.07) is 5.25. The van der Waals surface area contributed by atoms with Crippen molar-refractivity contribution in [3.8, 4) is 5.75 Å². The van der Waals surface area contributed by atoms with Gasteiger partial charge in [-0.25, -0.2) is 0 Å². The van der Waals surface area contributed by atoms with Crippen molar-refractivity contribution in [2.75, 3.05) is 26.2 Å². The van der Waals surface area contributed by atoms with Crippen LogP contribution in [0.4, 0.5) is 0 Å². The van der Waals surface area contributed by atoms with Gasteiger partial charge in [-0.05, 0) is 25.1 Å². The third-order valence-electron chi connectivity index (χ3n) is 4.06. The van der Waals surface area contributed by atoms with Crippen molar-refractivity contribution in [3.63, 3.8) is 0 Å². The monoisotopic (exact) mass is 364 g/mol. The maximum atomic E-state index is 12.3. The number of rotatable bonds is 3. The molecule has 122 valence electrons. The first-order chi connectivity index (χ1) is 10.1. The Hall–Kier alpha value is -0.680. The Morgan fingerprint density at radius 2 is 2.09 bits per heavy atom. The molecule has 0 spiro atoms. The maximum absolute atomic E-state index is 12.3. The molecule has 0 aliphatic carbocycles. The van der Waals surface area contributed by atoms with Gasteiger partial charge >= 0.3 is 0 Å². The molecule has 7 heteroatoms. The fourth-order valence-corrected chi connectivity index (χ4v) is 3.18. The molecule has 2 atom stereocenters. The fourth-order valence-electron chi connectivity index (χ4n) is 2.89. The van der Waals surface area contributed by atoms with Crippen molar-refractivity contribution in [2.45, 2.75) is 18.9 Å². The quantitative estimate of drug-likeness (QED) is 0.895. The number of carbonyl (C=O) groups excluding carboxylic acids is 1. The summed E-state index contributed by atoms with van der Waals surface area (Å²) in [6.45, 7) is 3.15. The highest BCUT2D eigenvalue weighted by Gasteiger charge is 2.33. The first-order valence-electron chi connectivity index (χ1n) is 7.24. The molecule has 1 N–H and O–H groups in total. The number of halogens is 3. The predicted octanol–water partition coefficient (Wildman–Crippen LogP) is 3.00. The van der Waals surface area contributed by atoms with Gasteiger partial charge in [-0.2, -0.15) is 0 Å². The van der Waals surface area contributed by atoms with E-state index in [9.17, 15) is 4.79 Å². The van der Waals surface area contributed by atoms with Gasteiger partial charge < -0.3 is 15.0 Å². The number of nitrogens with one attached hydrogen (secondary N) is 1. The third kappa shape index (κ3) is 3.99. The van der Waals surface area contributed by atoms with Crippen LogP contribution in [0.1, 0.15) is 12.8 Å². The van der Waals surface area contributed by atoms with Crippen LogP contribution >= 0.6 is 35.6 Å². The van der Waals surface area contributed by atoms with E-state index >= 15 is 0 Å². The Bertz CT molecular complexity index is 536. The molecule has 2 saturated heterocycles. The molecule has 0 bridgehead atoms. The van der Waals surface area contributed by atoms with E-state index in [2.05, 4.69) is 5.32 Å². The summed E-state index contributed by atoms with van der Waals surface area (Å²) in [5, 5.41) is 4.23. The normalized spacial score (nSPS) is 24.2. The zero-order valence-corrected chi connectivity index (χ0v) is 14.4. The third-order valence-corrected chi connectivity index (χ3v) is 4.80. The van der Waals surface area contributed by atoms with Gasteiger partial charge in [-0.1, -0.05) is 23.2 Å². The Labute approximate surface area is 146 Å². The predicted molar refractivity (Wildman–Crippen MR) is 90.3 cm³/mol. The molecule has 2 fully saturated rings. The van der Waals surface area contributed by atoms with E-state index in [-0.39, 0.29) is 30.3 Å². The van der Waals surface area contributed by atoms with Crippen LogP contribution in [0.25, 0.3) is 0 Å². The molecule has 22 heavy (non-hydrogen) atoms. The summed E-state index contributed by atoms with van der Waals surface area (Å²) in [4.78, 5) is 14.3. The number of carbonyl (C=O) groups is 1. The molecule has 2 unspecified atom stereocenters. The Morgan fingerprint density at radius 1 is 1.27 bits per heavy atom. The highest BCUT2D eigenvalue weighted by atomic mass is 35.5. The summed E-state index contributed by atoms with van der Waals surface area (Å²) in [6.07, 6.45) is 1.82. The first kappa shape index (κ1) is 17.7. The van der Waals surface area contributed by atoms with Crippen molar-refractivity contribution in [1.82, 2.24) is 10.2 Å². The standard InChI is InChI=1S/C15H18Cl2N2O2.ClH/c16-13-2-1-11(7-14(13)17)21-12-4-6-19(9-12)15(20)10-3-5-18-8-10;/h1-2,7,10,12,18H,3-6,8-9H2;1H. The van der Waals surface area contributed by atoms with Gasteiger partial charge in [0.25, 0.3) is 0 Å². The van der Waals surface area contributed by atoms with E-state index in [0.29, 0.717) is 22.3 Å². The highest BCUT2D eigenvalue weighted by Crippen LogP contribution is 2.28. The van der Waals surface area contributed by atoms with Crippen LogP contribution in [-0.2, 0) is 4.79 Å². The lowest BCUT2D eigenvalue weighted by atomic mass is 10.1. The second-order valence-electron chi connectivity index (χ2n) is 5.58. The van der Waals surface area contributed by atoms with Crippen molar-refractivity contribution >= 4 is 41.5 Å². The van der Waals surface area contributed by atoms with Crippen molar-refractivity contribution in [3.05, 3.63) is 28.2 Å². The summed E-state index contributed by atoms with van der Waals surface area (Å²) in [5.74, 6) is 1.08. The molecular formula is C15H19Cl3N2O2. The number of amides is 1. The summed E-state index contributed by atoms with van der Waals surface area (Å²) in [5.41, 5.74) is 0. The van der Waals surface area contributed by atoms with Gasteiger partial charge in [-0.15, -0.1) is 12.4 Å². The molecule has 0 radical (unpaired) electrons. The molecule has 1 aromatic rings. The van der Waals surface area contributed by atoms with Crippen LogP contribution in [0.2, 0.25) is 10.0 Å². The van der Waals surface area contributed by atoms with E-state index in [1.807, 2.05) is 4.90 Å². The van der Waals surface area contributed by atoms with Crippen LogP contribution in [0.5, 0.6) is 5.75 Å². The van der Waals surface area contributed by atoms with E-state index in [4.69, 9.17) is 27.9 Å². The number of likely N-dealkylation sites (tertiary alicyclic amines) is 1. The average Bonchev–Trinajstić information content (AvgIpc) is 3.13. The molecule has 3 rings (SSSR count). The Kier molecular flexibility index (Phi) is 6.21. The molecule has 4 nitrogen and oxygen atoms in total. The lowest BCUT2D eigenvalue weighted by molar-refractivity contribution is -0.134. The largest absolute Gasteiger partial charge is 0.488 e. The second-order valence-corrected chi connectivity index (χ2v) is 6.39. The molecular weight excluding hydrogens is 347 g/mol. The topological polar surface area (TPSA) is 41.6 Å². The first-order valence-corrected chi connectivity index (χ1v) is 8.00. The Morgan fingerprint density at radius 3 is 2.77 bits per heavy atom. The van der Waals surface area contributed by atoms with Gasteiger partial charge in [-0.3, -0.25) is 4.79 Å². The van der Waals surface area contributed by atoms with Gasteiger partial charge in [0.2, 0.25) is 5.91 Å². The minimum Gasteiger partial charge on any atom is -0.488 e. The van der Waals surface area contributed by atoms with Crippen LogP contribution in [0.3, 0.4) is 0 Å². The lowest BCUT2D eigenvalue weighted by Crippen LogP contribution is -2.36. The number of nitrogens with zero attached hydrogens (tertiary/aromatic N) is 1. The summed E-state index contributed by atoms with van der Waals surface area (Å²) in [7, 11) is 0. The van der Waals surface area contributed by atoms with E-state index in [1.54, 1.807) is 18.2 Å². The van der Waals surface area contributed by atoms with Crippen LogP contribution in [0.15, 0.2) is 18.2 Å². The molecule has 2 aliphatic rings. The maximum Gasteiger partial charge on any atom is 0.227 e.